The minimum Gasteiger partial charge on any atom is -0.327 e. The van der Waals surface area contributed by atoms with Gasteiger partial charge in [-0.25, -0.2) is 13.6 Å². The van der Waals surface area contributed by atoms with Gasteiger partial charge in [-0.2, -0.15) is 0 Å². The van der Waals surface area contributed by atoms with Crippen molar-refractivity contribution in [3.63, 3.8) is 0 Å². The molecule has 2 aromatic carbocycles. The quantitative estimate of drug-likeness (QED) is 0.657. The molecule has 35 heavy (non-hydrogen) atoms. The first-order chi connectivity index (χ1) is 16.7. The van der Waals surface area contributed by atoms with Crippen LogP contribution in [0, 0.1) is 17.6 Å². The summed E-state index contributed by atoms with van der Waals surface area (Å²) >= 11 is 0. The number of nitrogens with zero attached hydrogens (tertiary/aromatic N) is 3. The lowest BCUT2D eigenvalue weighted by Crippen LogP contribution is -2.54. The molecule has 1 N–H and O–H groups in total. The second kappa shape index (κ2) is 11.0. The third kappa shape index (κ3) is 6.79. The average Bonchev–Trinajstić information content (AvgIpc) is 2.84. The summed E-state index contributed by atoms with van der Waals surface area (Å²) in [4.78, 5) is 20.2. The smallest absolute Gasteiger partial charge is 0.318 e. The molecule has 2 amide bonds. The first-order valence-electron chi connectivity index (χ1n) is 12.7. The number of hydrogen-bond acceptors (Lipinski definition) is 3. The fourth-order valence-electron chi connectivity index (χ4n) is 5.17. The number of piperazine rings is 1. The molecule has 0 atom stereocenters. The molecule has 2 heterocycles. The highest BCUT2D eigenvalue weighted by atomic mass is 19.1. The van der Waals surface area contributed by atoms with Crippen LogP contribution in [0.15, 0.2) is 48.5 Å². The Morgan fingerprint density at radius 1 is 0.857 bits per heavy atom. The third-order valence-corrected chi connectivity index (χ3v) is 7.41. The van der Waals surface area contributed by atoms with Crippen LogP contribution in [0.5, 0.6) is 0 Å². The van der Waals surface area contributed by atoms with Crippen molar-refractivity contribution < 1.29 is 13.6 Å². The summed E-state index contributed by atoms with van der Waals surface area (Å²) in [5.41, 5.74) is 1.75. The third-order valence-electron chi connectivity index (χ3n) is 7.41. The number of amides is 2. The summed E-state index contributed by atoms with van der Waals surface area (Å²) in [5.74, 6) is -0.0649. The maximum atomic E-state index is 13.5. The van der Waals surface area contributed by atoms with Gasteiger partial charge in [0, 0.05) is 51.4 Å². The summed E-state index contributed by atoms with van der Waals surface area (Å²) in [5, 5.41) is 3.10. The van der Waals surface area contributed by atoms with Gasteiger partial charge in [0.25, 0.3) is 0 Å². The van der Waals surface area contributed by atoms with Crippen molar-refractivity contribution in [1.29, 1.82) is 0 Å². The van der Waals surface area contributed by atoms with Gasteiger partial charge in [0.2, 0.25) is 0 Å². The van der Waals surface area contributed by atoms with Crippen molar-refractivity contribution in [1.82, 2.24) is 20.0 Å². The second-order valence-corrected chi connectivity index (χ2v) is 10.9. The Hall–Kier alpha value is -2.51. The van der Waals surface area contributed by atoms with E-state index in [0.717, 1.165) is 69.8 Å². The van der Waals surface area contributed by atoms with E-state index in [1.807, 2.05) is 4.90 Å². The maximum Gasteiger partial charge on any atom is 0.318 e. The van der Waals surface area contributed by atoms with Crippen LogP contribution in [0.3, 0.4) is 0 Å². The fraction of sp³-hybridized carbons (Fsp3) is 0.536. The molecule has 0 saturated carbocycles. The van der Waals surface area contributed by atoms with E-state index in [1.165, 1.54) is 24.3 Å². The largest absolute Gasteiger partial charge is 0.327 e. The molecule has 190 valence electrons. The molecule has 2 fully saturated rings. The first-order valence-corrected chi connectivity index (χ1v) is 12.7. The maximum absolute atomic E-state index is 13.5. The van der Waals surface area contributed by atoms with Crippen LogP contribution in [0.1, 0.15) is 50.8 Å². The molecule has 0 aromatic heterocycles. The van der Waals surface area contributed by atoms with Gasteiger partial charge in [-0.15, -0.1) is 0 Å². The van der Waals surface area contributed by atoms with E-state index in [9.17, 15) is 13.6 Å². The van der Waals surface area contributed by atoms with E-state index in [2.05, 4.69) is 35.9 Å². The molecular weight excluding hydrogens is 446 g/mol. The molecule has 0 spiro atoms. The van der Waals surface area contributed by atoms with Crippen molar-refractivity contribution in [3.8, 4) is 0 Å². The van der Waals surface area contributed by atoms with Gasteiger partial charge in [0.05, 0.1) is 6.04 Å². The molecule has 0 radical (unpaired) electrons. The number of rotatable bonds is 5. The number of likely N-dealkylation sites (tertiary alicyclic amines) is 1. The van der Waals surface area contributed by atoms with Crippen molar-refractivity contribution in [2.45, 2.75) is 45.2 Å². The van der Waals surface area contributed by atoms with Crippen molar-refractivity contribution in [2.24, 2.45) is 5.92 Å². The van der Waals surface area contributed by atoms with E-state index in [4.69, 9.17) is 0 Å². The molecule has 2 aliphatic heterocycles. The summed E-state index contributed by atoms with van der Waals surface area (Å²) in [6.07, 6.45) is 1.98. The van der Waals surface area contributed by atoms with Crippen LogP contribution in [0.2, 0.25) is 0 Å². The SMILES string of the molecule is CC(C)(C)N1CCN(CC2CCN(C(=O)NC(c3ccc(F)cc3)c3ccc(F)cc3)CC2)CC1. The van der Waals surface area contributed by atoms with E-state index in [1.54, 1.807) is 24.3 Å². The Kier molecular flexibility index (Phi) is 8.07. The zero-order chi connectivity index (χ0) is 25.0. The molecule has 4 rings (SSSR count). The van der Waals surface area contributed by atoms with Crippen LogP contribution >= 0.6 is 0 Å². The van der Waals surface area contributed by atoms with Gasteiger partial charge >= 0.3 is 6.03 Å². The zero-order valence-electron chi connectivity index (χ0n) is 21.1. The summed E-state index contributed by atoms with van der Waals surface area (Å²) in [6, 6.07) is 11.6. The van der Waals surface area contributed by atoms with Crippen LogP contribution in [0.4, 0.5) is 13.6 Å². The lowest BCUT2D eigenvalue weighted by molar-refractivity contribution is 0.0495. The lowest BCUT2D eigenvalue weighted by atomic mass is 9.95. The number of urea groups is 1. The van der Waals surface area contributed by atoms with Gasteiger partial charge < -0.3 is 15.1 Å². The van der Waals surface area contributed by atoms with Crippen LogP contribution < -0.4 is 5.32 Å². The second-order valence-electron chi connectivity index (χ2n) is 10.9. The minimum absolute atomic E-state index is 0.138. The number of carbonyl (C=O) groups is 1. The molecule has 0 bridgehead atoms. The molecule has 2 aromatic rings. The number of nitrogens with one attached hydrogen (secondary N) is 1. The number of halogens is 2. The van der Waals surface area contributed by atoms with E-state index < -0.39 is 6.04 Å². The Bertz CT molecular complexity index is 912. The highest BCUT2D eigenvalue weighted by molar-refractivity contribution is 5.75. The highest BCUT2D eigenvalue weighted by Crippen LogP contribution is 2.25. The average molecular weight is 485 g/mol. The Morgan fingerprint density at radius 3 is 1.80 bits per heavy atom. The zero-order valence-corrected chi connectivity index (χ0v) is 21.1. The summed E-state index contributed by atoms with van der Waals surface area (Å²) in [6.45, 7) is 13.8. The van der Waals surface area contributed by atoms with E-state index >= 15 is 0 Å². The minimum atomic E-state index is -0.472. The first kappa shape index (κ1) is 25.6. The molecule has 0 aliphatic carbocycles. The Balaban J connectivity index is 1.31. The van der Waals surface area contributed by atoms with E-state index in [-0.39, 0.29) is 23.2 Å². The molecule has 7 heteroatoms. The van der Waals surface area contributed by atoms with Crippen LogP contribution in [0.25, 0.3) is 0 Å². The van der Waals surface area contributed by atoms with Crippen molar-refractivity contribution in [3.05, 3.63) is 71.3 Å². The Morgan fingerprint density at radius 2 is 1.34 bits per heavy atom. The van der Waals surface area contributed by atoms with Crippen molar-refractivity contribution >= 4 is 6.03 Å². The number of benzene rings is 2. The molecule has 5 nitrogen and oxygen atoms in total. The topological polar surface area (TPSA) is 38.8 Å². The normalized spacial score (nSPS) is 18.7. The monoisotopic (exact) mass is 484 g/mol. The van der Waals surface area contributed by atoms with Crippen LogP contribution in [-0.4, -0.2) is 72.1 Å². The van der Waals surface area contributed by atoms with E-state index in [0.29, 0.717) is 5.92 Å². The predicted molar refractivity (Wildman–Crippen MR) is 135 cm³/mol. The van der Waals surface area contributed by atoms with Gasteiger partial charge in [-0.05, 0) is 74.9 Å². The van der Waals surface area contributed by atoms with Gasteiger partial charge in [-0.3, -0.25) is 4.90 Å². The highest BCUT2D eigenvalue weighted by Gasteiger charge is 2.29. The summed E-state index contributed by atoms with van der Waals surface area (Å²) < 4.78 is 27.0. The summed E-state index contributed by atoms with van der Waals surface area (Å²) in [7, 11) is 0. The lowest BCUT2D eigenvalue weighted by Gasteiger charge is -2.43. The molecule has 0 unspecified atom stereocenters. The molecular formula is C28H38F2N4O. The van der Waals surface area contributed by atoms with Gasteiger partial charge in [-0.1, -0.05) is 24.3 Å². The fourth-order valence-corrected chi connectivity index (χ4v) is 5.17. The molecule has 2 aliphatic rings. The molecule has 2 saturated heterocycles. The van der Waals surface area contributed by atoms with Crippen LogP contribution in [-0.2, 0) is 0 Å². The predicted octanol–water partition coefficient (Wildman–Crippen LogP) is 4.89. The standard InChI is InChI=1S/C28H38F2N4O/c1-28(2,3)34-18-16-32(17-19-34)20-21-12-14-33(15-13-21)27(35)31-26(22-4-8-24(29)9-5-22)23-6-10-25(30)11-7-23/h4-11,21,26H,12-20H2,1-3H3,(H,31,35). The van der Waals surface area contributed by atoms with Gasteiger partial charge in [0.15, 0.2) is 0 Å². The van der Waals surface area contributed by atoms with Gasteiger partial charge in [0.1, 0.15) is 11.6 Å². The van der Waals surface area contributed by atoms with Crippen molar-refractivity contribution in [2.75, 3.05) is 45.8 Å². The Labute approximate surface area is 208 Å². The number of carbonyl (C=O) groups excluding carboxylic acids is 1. The number of hydrogen-bond donors (Lipinski definition) is 1. The number of piperidine rings is 1.